The molecule has 11 heavy (non-hydrogen) atoms. The molecule has 0 spiro atoms. The van der Waals surface area contributed by atoms with E-state index in [0.717, 1.165) is 0 Å². The van der Waals surface area contributed by atoms with E-state index in [0.29, 0.717) is 0 Å². The molecule has 0 aliphatic carbocycles. The molecule has 1 rings (SSSR count). The summed E-state index contributed by atoms with van der Waals surface area (Å²) in [5.74, 6) is 0.0733. The molecular formula is C5H5ClN2O2S. The summed E-state index contributed by atoms with van der Waals surface area (Å²) in [6.07, 6.45) is 1.42. The van der Waals surface area contributed by atoms with Gasteiger partial charge in [0.25, 0.3) is 0 Å². The van der Waals surface area contributed by atoms with Gasteiger partial charge in [0, 0.05) is 6.20 Å². The molecule has 0 atom stereocenters. The van der Waals surface area contributed by atoms with E-state index in [2.05, 4.69) is 9.97 Å². The van der Waals surface area contributed by atoms with Gasteiger partial charge in [-0.2, -0.15) is 0 Å². The van der Waals surface area contributed by atoms with Crippen LogP contribution in [0.15, 0.2) is 12.3 Å². The Bertz CT molecular complexity index is 318. The fourth-order valence-electron chi connectivity index (χ4n) is 0.566. The molecule has 0 bridgehead atoms. The highest BCUT2D eigenvalue weighted by atomic mass is 35.5. The lowest BCUT2D eigenvalue weighted by Crippen LogP contribution is -1.94. The average molecular weight is 193 g/mol. The first-order valence-electron chi connectivity index (χ1n) is 2.77. The van der Waals surface area contributed by atoms with Gasteiger partial charge in [0.1, 0.15) is 27.4 Å². The van der Waals surface area contributed by atoms with Crippen LogP contribution in [0, 0.1) is 0 Å². The molecule has 6 heteroatoms. The van der Waals surface area contributed by atoms with Crippen molar-refractivity contribution in [1.82, 2.24) is 9.97 Å². The van der Waals surface area contributed by atoms with E-state index in [1.165, 1.54) is 12.3 Å². The third-order valence-corrected chi connectivity index (χ3v) is 1.69. The fraction of sp³-hybridized carbons (Fsp3) is 0.200. The summed E-state index contributed by atoms with van der Waals surface area (Å²) in [6, 6.07) is 1.49. The second-order valence-electron chi connectivity index (χ2n) is 1.79. The number of aromatic nitrogens is 2. The monoisotopic (exact) mass is 192 g/mol. The number of nitrogens with zero attached hydrogens (tertiary/aromatic N) is 2. The highest BCUT2D eigenvalue weighted by Gasteiger charge is 1.97. The van der Waals surface area contributed by atoms with Crippen LogP contribution in [0.25, 0.3) is 0 Å². The van der Waals surface area contributed by atoms with E-state index >= 15 is 0 Å². The Kier molecular flexibility index (Phi) is 2.78. The molecule has 0 amide bonds. The van der Waals surface area contributed by atoms with Crippen molar-refractivity contribution in [2.75, 3.05) is 0 Å². The second-order valence-corrected chi connectivity index (χ2v) is 3.16. The van der Waals surface area contributed by atoms with Gasteiger partial charge in [0.05, 0.1) is 0 Å². The molecule has 1 heterocycles. The van der Waals surface area contributed by atoms with Crippen LogP contribution in [0.5, 0.6) is 0 Å². The highest BCUT2D eigenvalue weighted by molar-refractivity contribution is 7.71. The van der Waals surface area contributed by atoms with Gasteiger partial charge in [-0.15, -0.1) is 0 Å². The van der Waals surface area contributed by atoms with Crippen LogP contribution in [-0.4, -0.2) is 18.4 Å². The molecule has 0 N–H and O–H groups in total. The molecule has 0 saturated heterocycles. The Morgan fingerprint density at radius 2 is 2.27 bits per heavy atom. The van der Waals surface area contributed by atoms with Gasteiger partial charge in [-0.3, -0.25) is 0 Å². The minimum atomic E-state index is -2.47. The van der Waals surface area contributed by atoms with Gasteiger partial charge in [-0.05, 0) is 6.07 Å². The van der Waals surface area contributed by atoms with Gasteiger partial charge in [-0.1, -0.05) is 11.6 Å². The number of rotatable bonds is 2. The Morgan fingerprint density at radius 3 is 2.82 bits per heavy atom. The lowest BCUT2D eigenvalue weighted by Gasteiger charge is -1.91. The predicted molar refractivity (Wildman–Crippen MR) is 41.1 cm³/mol. The fourth-order valence-corrected chi connectivity index (χ4v) is 1.10. The van der Waals surface area contributed by atoms with Crippen LogP contribution in [0.4, 0.5) is 0 Å². The van der Waals surface area contributed by atoms with Crippen molar-refractivity contribution in [3.05, 3.63) is 23.2 Å². The number of halogens is 1. The van der Waals surface area contributed by atoms with Gasteiger partial charge < -0.3 is 0 Å². The maximum Gasteiger partial charge on any atom is 0.147 e. The molecule has 4 nitrogen and oxygen atoms in total. The normalized spacial score (nSPS) is 10.4. The Balaban J connectivity index is 2.87. The first kappa shape index (κ1) is 8.42. The number of hydrogen-bond donors (Lipinski definition) is 1. The van der Waals surface area contributed by atoms with Crippen LogP contribution in [-0.2, 0) is 16.5 Å². The van der Waals surface area contributed by atoms with E-state index in [1.54, 1.807) is 0 Å². The highest BCUT2D eigenvalue weighted by Crippen LogP contribution is 2.02. The van der Waals surface area contributed by atoms with Gasteiger partial charge >= 0.3 is 0 Å². The zero-order chi connectivity index (χ0) is 8.27. The van der Waals surface area contributed by atoms with E-state index in [9.17, 15) is 8.42 Å². The van der Waals surface area contributed by atoms with Gasteiger partial charge in [0.2, 0.25) is 0 Å². The Labute approximate surface area is 70.2 Å². The van der Waals surface area contributed by atoms with Crippen molar-refractivity contribution in [1.29, 1.82) is 0 Å². The average Bonchev–Trinajstić information content (AvgIpc) is 1.85. The minimum Gasteiger partial charge on any atom is -0.240 e. The first-order valence-corrected chi connectivity index (χ1v) is 4.52. The number of thiol groups is 1. The molecule has 0 unspecified atom stereocenters. The summed E-state index contributed by atoms with van der Waals surface area (Å²) in [5.41, 5.74) is 0. The van der Waals surface area contributed by atoms with Gasteiger partial charge in [0.15, 0.2) is 0 Å². The summed E-state index contributed by atoms with van der Waals surface area (Å²) in [7, 11) is -2.47. The maximum atomic E-state index is 10.2. The quantitative estimate of drug-likeness (QED) is 0.539. The van der Waals surface area contributed by atoms with Crippen LogP contribution in [0.3, 0.4) is 0 Å². The molecule has 0 radical (unpaired) electrons. The first-order chi connectivity index (χ1) is 5.18. The lowest BCUT2D eigenvalue weighted by molar-refractivity contribution is 0.612. The van der Waals surface area contributed by atoms with Crippen molar-refractivity contribution in [2.45, 2.75) is 5.75 Å². The smallest absolute Gasteiger partial charge is 0.147 e. The molecule has 1 aromatic heterocycles. The zero-order valence-corrected chi connectivity index (χ0v) is 7.05. The standard InChI is InChI=1S/C5H5ClN2O2S/c6-4-1-2-7-5(8-4)3-11(9)10/h1-2,11H,3H2. The maximum absolute atomic E-state index is 10.2. The molecule has 1 aromatic rings. The predicted octanol–water partition coefficient (Wildman–Crippen LogP) is 0.241. The second kappa shape index (κ2) is 3.64. The number of hydrogen-bond acceptors (Lipinski definition) is 4. The van der Waals surface area contributed by atoms with E-state index in [-0.39, 0.29) is 16.7 Å². The summed E-state index contributed by atoms with van der Waals surface area (Å²) in [5, 5.41) is 0.256. The molecule has 60 valence electrons. The summed E-state index contributed by atoms with van der Waals surface area (Å²) in [6.45, 7) is 0. The Morgan fingerprint density at radius 1 is 1.55 bits per heavy atom. The lowest BCUT2D eigenvalue weighted by atomic mass is 10.6. The molecule has 0 aliphatic rings. The Hall–Kier alpha value is -0.680. The van der Waals surface area contributed by atoms with Gasteiger partial charge in [-0.25, -0.2) is 18.4 Å². The third kappa shape index (κ3) is 2.81. The molecule has 0 aliphatic heterocycles. The summed E-state index contributed by atoms with van der Waals surface area (Å²) in [4.78, 5) is 7.38. The van der Waals surface area contributed by atoms with Crippen molar-refractivity contribution < 1.29 is 8.42 Å². The third-order valence-electron chi connectivity index (χ3n) is 0.942. The minimum absolute atomic E-state index is 0.157. The zero-order valence-electron chi connectivity index (χ0n) is 5.40. The molecule has 0 saturated carbocycles. The SMILES string of the molecule is O=[SH](=O)Cc1nccc(Cl)n1. The van der Waals surface area contributed by atoms with Crippen LogP contribution < -0.4 is 0 Å². The van der Waals surface area contributed by atoms with E-state index in [4.69, 9.17) is 11.6 Å². The topological polar surface area (TPSA) is 59.9 Å². The molecule has 0 fully saturated rings. The van der Waals surface area contributed by atoms with Crippen molar-refractivity contribution >= 4 is 22.3 Å². The molecular weight excluding hydrogens is 188 g/mol. The van der Waals surface area contributed by atoms with Crippen molar-refractivity contribution in [3.8, 4) is 0 Å². The van der Waals surface area contributed by atoms with E-state index in [1.807, 2.05) is 0 Å². The van der Waals surface area contributed by atoms with Crippen LogP contribution in [0.2, 0.25) is 5.15 Å². The van der Waals surface area contributed by atoms with Crippen molar-refractivity contribution in [2.24, 2.45) is 0 Å². The summed E-state index contributed by atoms with van der Waals surface area (Å²) < 4.78 is 20.4. The van der Waals surface area contributed by atoms with Crippen LogP contribution in [0.1, 0.15) is 5.82 Å². The summed E-state index contributed by atoms with van der Waals surface area (Å²) >= 11 is 5.48. The van der Waals surface area contributed by atoms with E-state index < -0.39 is 10.7 Å². The van der Waals surface area contributed by atoms with Crippen molar-refractivity contribution in [3.63, 3.8) is 0 Å². The largest absolute Gasteiger partial charge is 0.240 e. The molecule has 0 aromatic carbocycles. The van der Waals surface area contributed by atoms with Crippen LogP contribution >= 0.6 is 11.6 Å².